The molecular formula is C21H17ClN8O3. The van der Waals surface area contributed by atoms with E-state index in [1.807, 2.05) is 6.07 Å². The van der Waals surface area contributed by atoms with Crippen LogP contribution in [0.4, 0.5) is 5.82 Å². The fourth-order valence-corrected chi connectivity index (χ4v) is 3.02. The number of nitrogens with one attached hydrogen (secondary N) is 2. The average Bonchev–Trinajstić information content (AvgIpc) is 3.31. The summed E-state index contributed by atoms with van der Waals surface area (Å²) in [5.74, 6) is 0.0734. The molecule has 1 atom stereocenters. The third-order valence-corrected chi connectivity index (χ3v) is 4.71. The molecule has 0 aliphatic heterocycles. The summed E-state index contributed by atoms with van der Waals surface area (Å²) in [6, 6.07) is 8.40. The van der Waals surface area contributed by atoms with Gasteiger partial charge in [-0.1, -0.05) is 11.6 Å². The zero-order valence-electron chi connectivity index (χ0n) is 17.3. The van der Waals surface area contributed by atoms with E-state index in [-0.39, 0.29) is 24.1 Å². The number of rotatable bonds is 8. The SMILES string of the molecule is CCOC[C@H](Oc1nc(-c2ncccc2Cl)nc2[nH]ncc12)C(=O)Nc1ccc(C#N)cn1. The molecule has 0 fully saturated rings. The molecule has 0 aromatic carbocycles. The number of aromatic amines is 1. The molecule has 4 rings (SSSR count). The van der Waals surface area contributed by atoms with Crippen LogP contribution in [0.25, 0.3) is 22.6 Å². The van der Waals surface area contributed by atoms with Crippen molar-refractivity contribution in [3.05, 3.63) is 53.4 Å². The summed E-state index contributed by atoms with van der Waals surface area (Å²) in [5.41, 5.74) is 1.12. The van der Waals surface area contributed by atoms with Crippen molar-refractivity contribution < 1.29 is 14.3 Å². The lowest BCUT2D eigenvalue weighted by Gasteiger charge is -2.18. The number of carbonyl (C=O) groups is 1. The van der Waals surface area contributed by atoms with Crippen molar-refractivity contribution in [2.24, 2.45) is 0 Å². The van der Waals surface area contributed by atoms with E-state index in [4.69, 9.17) is 26.3 Å². The molecule has 11 nitrogen and oxygen atoms in total. The number of nitriles is 1. The van der Waals surface area contributed by atoms with Gasteiger partial charge in [0.25, 0.3) is 5.91 Å². The van der Waals surface area contributed by atoms with E-state index in [0.717, 1.165) is 0 Å². The van der Waals surface area contributed by atoms with Gasteiger partial charge in [-0.25, -0.2) is 9.97 Å². The number of H-pyrrole nitrogens is 1. The highest BCUT2D eigenvalue weighted by Gasteiger charge is 2.25. The van der Waals surface area contributed by atoms with Gasteiger partial charge in [-0.05, 0) is 31.2 Å². The van der Waals surface area contributed by atoms with Gasteiger partial charge in [-0.3, -0.25) is 14.9 Å². The molecule has 4 aromatic rings. The lowest BCUT2D eigenvalue weighted by atomic mass is 10.3. The van der Waals surface area contributed by atoms with Gasteiger partial charge in [0.15, 0.2) is 11.5 Å². The van der Waals surface area contributed by atoms with Crippen LogP contribution >= 0.6 is 11.6 Å². The summed E-state index contributed by atoms with van der Waals surface area (Å²) in [4.78, 5) is 30.1. The third-order valence-electron chi connectivity index (χ3n) is 4.41. The second-order valence-electron chi connectivity index (χ2n) is 6.62. The van der Waals surface area contributed by atoms with E-state index < -0.39 is 12.0 Å². The Hall–Kier alpha value is -4.14. The summed E-state index contributed by atoms with van der Waals surface area (Å²) >= 11 is 6.25. The molecule has 4 heterocycles. The van der Waals surface area contributed by atoms with E-state index in [1.54, 1.807) is 31.3 Å². The summed E-state index contributed by atoms with van der Waals surface area (Å²) in [6.07, 6.45) is 3.35. The predicted molar refractivity (Wildman–Crippen MR) is 118 cm³/mol. The number of carbonyl (C=O) groups excluding carboxylic acids is 1. The van der Waals surface area contributed by atoms with Crippen LogP contribution < -0.4 is 10.1 Å². The standard InChI is InChI=1S/C21H17ClN8O3/c1-2-32-11-15(20(31)27-16-6-5-12(8-23)9-25-16)33-21-13-10-26-30-18(13)28-19(29-21)17-14(22)4-3-7-24-17/h3-7,9-10,15H,2,11H2,1H3,(H,25,27,31)(H,26,28,29,30)/t15-/m0/s1. The molecule has 0 aliphatic carbocycles. The number of hydrogen-bond donors (Lipinski definition) is 2. The van der Waals surface area contributed by atoms with E-state index in [0.29, 0.717) is 33.9 Å². The van der Waals surface area contributed by atoms with Gasteiger partial charge in [0, 0.05) is 19.0 Å². The number of aromatic nitrogens is 6. The maximum atomic E-state index is 12.9. The molecule has 0 unspecified atom stereocenters. The van der Waals surface area contributed by atoms with Crippen LogP contribution in [0.5, 0.6) is 5.88 Å². The minimum Gasteiger partial charge on any atom is -0.461 e. The number of pyridine rings is 2. The lowest BCUT2D eigenvalue weighted by molar-refractivity contribution is -0.125. The van der Waals surface area contributed by atoms with Gasteiger partial charge in [0.2, 0.25) is 12.0 Å². The minimum absolute atomic E-state index is 0.0400. The van der Waals surface area contributed by atoms with Crippen molar-refractivity contribution in [3.63, 3.8) is 0 Å². The molecule has 4 aromatic heterocycles. The lowest BCUT2D eigenvalue weighted by Crippen LogP contribution is -2.37. The largest absolute Gasteiger partial charge is 0.461 e. The third kappa shape index (κ3) is 5.03. The summed E-state index contributed by atoms with van der Waals surface area (Å²) in [5, 5.41) is 19.1. The normalized spacial score (nSPS) is 11.7. The number of ether oxygens (including phenoxy) is 2. The molecular weight excluding hydrogens is 448 g/mol. The fourth-order valence-electron chi connectivity index (χ4n) is 2.82. The van der Waals surface area contributed by atoms with Crippen LogP contribution in [0.3, 0.4) is 0 Å². The zero-order valence-corrected chi connectivity index (χ0v) is 18.1. The van der Waals surface area contributed by atoms with Gasteiger partial charge in [0.05, 0.1) is 23.4 Å². The number of fused-ring (bicyclic) bond motifs is 1. The number of amides is 1. The molecule has 2 N–H and O–H groups in total. The first-order valence-electron chi connectivity index (χ1n) is 9.82. The van der Waals surface area contributed by atoms with Crippen molar-refractivity contribution in [2.45, 2.75) is 13.0 Å². The summed E-state index contributed by atoms with van der Waals surface area (Å²) < 4.78 is 11.4. The van der Waals surface area contributed by atoms with Crippen LogP contribution in [0.1, 0.15) is 12.5 Å². The Morgan fingerprint density at radius 3 is 2.88 bits per heavy atom. The van der Waals surface area contributed by atoms with E-state index in [1.165, 1.54) is 18.5 Å². The first-order chi connectivity index (χ1) is 16.1. The summed E-state index contributed by atoms with van der Waals surface area (Å²) in [7, 11) is 0. The highest BCUT2D eigenvalue weighted by molar-refractivity contribution is 6.32. The van der Waals surface area contributed by atoms with Crippen LogP contribution in [-0.4, -0.2) is 55.4 Å². The Kier molecular flexibility index (Phi) is 6.68. The van der Waals surface area contributed by atoms with E-state index >= 15 is 0 Å². The number of nitrogens with zero attached hydrogens (tertiary/aromatic N) is 6. The van der Waals surface area contributed by atoms with Crippen molar-refractivity contribution in [2.75, 3.05) is 18.5 Å². The number of halogens is 1. The van der Waals surface area contributed by atoms with Crippen molar-refractivity contribution in [1.29, 1.82) is 5.26 Å². The molecule has 0 aliphatic rings. The van der Waals surface area contributed by atoms with E-state index in [2.05, 4.69) is 35.5 Å². The smallest absolute Gasteiger partial charge is 0.269 e. The molecule has 0 spiro atoms. The Balaban J connectivity index is 1.64. The van der Waals surface area contributed by atoms with Crippen LogP contribution in [0.2, 0.25) is 5.02 Å². The molecule has 0 radical (unpaired) electrons. The average molecular weight is 465 g/mol. The first kappa shape index (κ1) is 22.1. The second kappa shape index (κ2) is 9.99. The monoisotopic (exact) mass is 464 g/mol. The van der Waals surface area contributed by atoms with Gasteiger partial charge in [-0.2, -0.15) is 15.3 Å². The maximum Gasteiger partial charge on any atom is 0.269 e. The molecule has 0 saturated carbocycles. The van der Waals surface area contributed by atoms with Crippen molar-refractivity contribution >= 4 is 34.4 Å². The Morgan fingerprint density at radius 1 is 1.27 bits per heavy atom. The molecule has 0 bridgehead atoms. The van der Waals surface area contributed by atoms with Crippen LogP contribution in [-0.2, 0) is 9.53 Å². The van der Waals surface area contributed by atoms with Gasteiger partial charge >= 0.3 is 0 Å². The minimum atomic E-state index is -1.07. The highest BCUT2D eigenvalue weighted by Crippen LogP contribution is 2.28. The van der Waals surface area contributed by atoms with Crippen LogP contribution in [0.15, 0.2) is 42.9 Å². The Labute approximate surface area is 192 Å². The Morgan fingerprint density at radius 2 is 2.15 bits per heavy atom. The molecule has 33 heavy (non-hydrogen) atoms. The molecule has 166 valence electrons. The van der Waals surface area contributed by atoms with Gasteiger partial charge in [0.1, 0.15) is 23.0 Å². The molecule has 1 amide bonds. The number of hydrogen-bond acceptors (Lipinski definition) is 9. The number of anilines is 1. The van der Waals surface area contributed by atoms with Crippen LogP contribution in [0, 0.1) is 11.3 Å². The van der Waals surface area contributed by atoms with E-state index in [9.17, 15) is 4.79 Å². The quantitative estimate of drug-likeness (QED) is 0.400. The molecule has 0 saturated heterocycles. The van der Waals surface area contributed by atoms with Gasteiger partial charge < -0.3 is 14.8 Å². The van der Waals surface area contributed by atoms with Gasteiger partial charge in [-0.15, -0.1) is 0 Å². The summed E-state index contributed by atoms with van der Waals surface area (Å²) in [6.45, 7) is 2.14. The second-order valence-corrected chi connectivity index (χ2v) is 7.02. The first-order valence-corrected chi connectivity index (χ1v) is 10.2. The van der Waals surface area contributed by atoms with Crippen molar-refractivity contribution in [1.82, 2.24) is 30.1 Å². The predicted octanol–water partition coefficient (Wildman–Crippen LogP) is 2.76. The molecule has 12 heteroatoms. The topological polar surface area (TPSA) is 152 Å². The fraction of sp³-hybridized carbons (Fsp3) is 0.190. The maximum absolute atomic E-state index is 12.9. The van der Waals surface area contributed by atoms with Crippen molar-refractivity contribution in [3.8, 4) is 23.5 Å². The highest BCUT2D eigenvalue weighted by atomic mass is 35.5. The Bertz CT molecular complexity index is 1320. The zero-order chi connectivity index (χ0) is 23.2.